The number of benzene rings is 1. The molecule has 0 amide bonds. The van der Waals surface area contributed by atoms with Gasteiger partial charge in [0.1, 0.15) is 11.6 Å². The summed E-state index contributed by atoms with van der Waals surface area (Å²) in [5, 5.41) is 0.307. The van der Waals surface area contributed by atoms with Crippen LogP contribution in [-0.2, 0) is 0 Å². The molecule has 106 valence electrons. The van der Waals surface area contributed by atoms with Crippen LogP contribution in [0.25, 0.3) is 0 Å². The Balaban J connectivity index is 2.35. The van der Waals surface area contributed by atoms with Crippen LogP contribution in [0.4, 0.5) is 10.2 Å². The predicted molar refractivity (Wildman–Crippen MR) is 87.0 cm³/mol. The summed E-state index contributed by atoms with van der Waals surface area (Å²) >= 11 is 16.9. The number of pyridine rings is 1. The van der Waals surface area contributed by atoms with Gasteiger partial charge in [-0.05, 0) is 41.1 Å². The van der Waals surface area contributed by atoms with Gasteiger partial charge >= 0.3 is 0 Å². The SMILES string of the molecule is C[C@@H](Sc1cc(Br)cnc1N)c1c(Cl)ccc(F)c1Cl. The third kappa shape index (κ3) is 3.39. The second-order valence-electron chi connectivity index (χ2n) is 4.05. The number of thioether (sulfide) groups is 1. The first-order valence-corrected chi connectivity index (χ1v) is 8.04. The van der Waals surface area contributed by atoms with E-state index < -0.39 is 5.82 Å². The van der Waals surface area contributed by atoms with Gasteiger partial charge in [0.05, 0.1) is 9.92 Å². The van der Waals surface area contributed by atoms with Crippen molar-refractivity contribution < 1.29 is 4.39 Å². The highest BCUT2D eigenvalue weighted by atomic mass is 79.9. The number of hydrogen-bond acceptors (Lipinski definition) is 3. The van der Waals surface area contributed by atoms with E-state index in [0.29, 0.717) is 16.4 Å². The molecule has 2 aromatic rings. The van der Waals surface area contributed by atoms with Crippen molar-refractivity contribution in [2.45, 2.75) is 17.1 Å². The zero-order valence-corrected chi connectivity index (χ0v) is 14.2. The molecule has 2 rings (SSSR count). The number of nitrogens with zero attached hydrogens (tertiary/aromatic N) is 1. The van der Waals surface area contributed by atoms with Crippen molar-refractivity contribution in [2.75, 3.05) is 5.73 Å². The first kappa shape index (κ1) is 15.9. The highest BCUT2D eigenvalue weighted by Crippen LogP contribution is 2.43. The first-order valence-electron chi connectivity index (χ1n) is 5.61. The number of rotatable bonds is 3. The minimum Gasteiger partial charge on any atom is -0.383 e. The molecular formula is C13H10BrCl2FN2S. The summed E-state index contributed by atoms with van der Waals surface area (Å²) in [4.78, 5) is 4.84. The Morgan fingerprint density at radius 3 is 2.80 bits per heavy atom. The lowest BCUT2D eigenvalue weighted by Crippen LogP contribution is -1.97. The number of hydrogen-bond donors (Lipinski definition) is 1. The van der Waals surface area contributed by atoms with Gasteiger partial charge in [-0.25, -0.2) is 9.37 Å². The summed E-state index contributed by atoms with van der Waals surface area (Å²) in [6.07, 6.45) is 1.62. The van der Waals surface area contributed by atoms with Crippen LogP contribution in [0.15, 0.2) is 33.8 Å². The van der Waals surface area contributed by atoms with Gasteiger partial charge in [-0.15, -0.1) is 11.8 Å². The van der Waals surface area contributed by atoms with E-state index >= 15 is 0 Å². The lowest BCUT2D eigenvalue weighted by atomic mass is 10.1. The molecule has 20 heavy (non-hydrogen) atoms. The zero-order chi connectivity index (χ0) is 14.9. The second-order valence-corrected chi connectivity index (χ2v) is 7.14. The van der Waals surface area contributed by atoms with Crippen LogP contribution in [0.2, 0.25) is 10.0 Å². The average molecular weight is 396 g/mol. The largest absolute Gasteiger partial charge is 0.383 e. The number of nitrogens with two attached hydrogens (primary N) is 1. The summed E-state index contributed by atoms with van der Waals surface area (Å²) in [6, 6.07) is 4.60. The maximum Gasteiger partial charge on any atom is 0.142 e. The number of anilines is 1. The molecule has 1 atom stereocenters. The number of halogens is 4. The minimum atomic E-state index is -0.487. The van der Waals surface area contributed by atoms with Crippen LogP contribution in [0.3, 0.4) is 0 Å². The monoisotopic (exact) mass is 394 g/mol. The predicted octanol–water partition coefficient (Wildman–Crippen LogP) is 5.73. The summed E-state index contributed by atoms with van der Waals surface area (Å²) in [5.41, 5.74) is 6.38. The summed E-state index contributed by atoms with van der Waals surface area (Å²) in [6.45, 7) is 1.89. The number of aromatic nitrogens is 1. The Morgan fingerprint density at radius 1 is 1.40 bits per heavy atom. The molecule has 0 bridgehead atoms. The van der Waals surface area contributed by atoms with Gasteiger partial charge in [0.25, 0.3) is 0 Å². The molecule has 0 aliphatic heterocycles. The van der Waals surface area contributed by atoms with Crippen molar-refractivity contribution in [1.82, 2.24) is 4.98 Å². The molecule has 1 heterocycles. The van der Waals surface area contributed by atoms with Crippen molar-refractivity contribution in [3.8, 4) is 0 Å². The fourth-order valence-corrected chi connectivity index (χ4v) is 4.11. The molecule has 0 radical (unpaired) electrons. The van der Waals surface area contributed by atoms with Gasteiger partial charge < -0.3 is 5.73 Å². The molecular weight excluding hydrogens is 386 g/mol. The molecule has 0 aliphatic rings. The Morgan fingerprint density at radius 2 is 2.10 bits per heavy atom. The van der Waals surface area contributed by atoms with E-state index in [1.165, 1.54) is 23.9 Å². The van der Waals surface area contributed by atoms with E-state index in [-0.39, 0.29) is 10.3 Å². The van der Waals surface area contributed by atoms with E-state index in [1.54, 1.807) is 6.20 Å². The van der Waals surface area contributed by atoms with E-state index in [1.807, 2.05) is 13.0 Å². The van der Waals surface area contributed by atoms with Crippen LogP contribution in [-0.4, -0.2) is 4.98 Å². The molecule has 2 N–H and O–H groups in total. The second kappa shape index (κ2) is 6.52. The van der Waals surface area contributed by atoms with Gasteiger partial charge in [-0.3, -0.25) is 0 Å². The standard InChI is InChI=1S/C13H10BrCl2FN2S/c1-6(11-8(15)2-3-9(17)12(11)16)20-10-4-7(14)5-19-13(10)18/h2-6H,1H3,(H2,18,19)/t6-/m1/s1. The Kier molecular flexibility index (Phi) is 5.18. The molecule has 0 saturated carbocycles. The summed E-state index contributed by atoms with van der Waals surface area (Å²) < 4.78 is 14.4. The topological polar surface area (TPSA) is 38.9 Å². The van der Waals surface area contributed by atoms with Crippen LogP contribution in [0.5, 0.6) is 0 Å². The molecule has 0 unspecified atom stereocenters. The van der Waals surface area contributed by atoms with Crippen LogP contribution >= 0.6 is 50.9 Å². The molecule has 0 spiro atoms. The third-order valence-corrected chi connectivity index (χ3v) is 4.96. The normalized spacial score (nSPS) is 12.4. The third-order valence-electron chi connectivity index (χ3n) is 2.64. The van der Waals surface area contributed by atoms with Crippen LogP contribution < -0.4 is 5.73 Å². The molecule has 0 saturated heterocycles. The summed E-state index contributed by atoms with van der Waals surface area (Å²) in [7, 11) is 0. The lowest BCUT2D eigenvalue weighted by Gasteiger charge is -2.16. The van der Waals surface area contributed by atoms with Crippen molar-refractivity contribution in [3.63, 3.8) is 0 Å². The average Bonchev–Trinajstić information content (AvgIpc) is 2.39. The molecule has 7 heteroatoms. The maximum absolute atomic E-state index is 13.6. The molecule has 1 aromatic carbocycles. The molecule has 0 fully saturated rings. The van der Waals surface area contributed by atoms with Crippen LogP contribution in [0, 0.1) is 5.82 Å². The number of nitrogen functional groups attached to an aromatic ring is 1. The Hall–Kier alpha value is -0.490. The van der Waals surface area contributed by atoms with Gasteiger partial charge in [0.2, 0.25) is 0 Å². The van der Waals surface area contributed by atoms with Gasteiger partial charge in [-0.1, -0.05) is 23.2 Å². The fraction of sp³-hybridized carbons (Fsp3) is 0.154. The van der Waals surface area contributed by atoms with Gasteiger partial charge in [0.15, 0.2) is 0 Å². The minimum absolute atomic E-state index is 0.0408. The zero-order valence-electron chi connectivity index (χ0n) is 10.3. The Labute approximate surface area is 139 Å². The van der Waals surface area contributed by atoms with Crippen LogP contribution in [0.1, 0.15) is 17.7 Å². The highest BCUT2D eigenvalue weighted by molar-refractivity contribution is 9.10. The molecule has 2 nitrogen and oxygen atoms in total. The lowest BCUT2D eigenvalue weighted by molar-refractivity contribution is 0.626. The maximum atomic E-state index is 13.6. The quantitative estimate of drug-likeness (QED) is 0.533. The van der Waals surface area contributed by atoms with E-state index in [0.717, 1.165) is 9.37 Å². The van der Waals surface area contributed by atoms with E-state index in [2.05, 4.69) is 20.9 Å². The van der Waals surface area contributed by atoms with Crippen molar-refractivity contribution in [1.29, 1.82) is 0 Å². The Bertz CT molecular complexity index is 655. The highest BCUT2D eigenvalue weighted by Gasteiger charge is 2.19. The fourth-order valence-electron chi connectivity index (χ4n) is 1.69. The van der Waals surface area contributed by atoms with Gasteiger partial charge in [0, 0.05) is 26.5 Å². The molecule has 1 aromatic heterocycles. The van der Waals surface area contributed by atoms with Crippen molar-refractivity contribution in [3.05, 3.63) is 50.3 Å². The first-order chi connectivity index (χ1) is 9.40. The van der Waals surface area contributed by atoms with Crippen molar-refractivity contribution in [2.24, 2.45) is 0 Å². The van der Waals surface area contributed by atoms with Crippen molar-refractivity contribution >= 4 is 56.7 Å². The summed E-state index contributed by atoms with van der Waals surface area (Å²) in [5.74, 6) is -0.0763. The van der Waals surface area contributed by atoms with Gasteiger partial charge in [-0.2, -0.15) is 0 Å². The smallest absolute Gasteiger partial charge is 0.142 e. The van der Waals surface area contributed by atoms with E-state index in [9.17, 15) is 4.39 Å². The molecule has 0 aliphatic carbocycles. The van der Waals surface area contributed by atoms with E-state index in [4.69, 9.17) is 28.9 Å².